The van der Waals surface area contributed by atoms with Gasteiger partial charge in [0.1, 0.15) is 5.75 Å². The van der Waals surface area contributed by atoms with Gasteiger partial charge in [-0.2, -0.15) is 5.10 Å². The number of hydrogen-bond donors (Lipinski definition) is 1. The van der Waals surface area contributed by atoms with E-state index in [1.807, 2.05) is 81.4 Å². The van der Waals surface area contributed by atoms with Crippen molar-refractivity contribution in [2.24, 2.45) is 5.10 Å². The first kappa shape index (κ1) is 21.7. The lowest BCUT2D eigenvalue weighted by Gasteiger charge is -2.10. The summed E-state index contributed by atoms with van der Waals surface area (Å²) in [6, 6.07) is 21.3. The van der Waals surface area contributed by atoms with Crippen LogP contribution in [0.15, 0.2) is 71.8 Å². The fourth-order valence-corrected chi connectivity index (χ4v) is 4.20. The molecule has 0 aliphatic rings. The maximum atomic E-state index is 13.1. The Bertz CT molecular complexity index is 1290. The summed E-state index contributed by atoms with van der Waals surface area (Å²) in [5.74, 6) is 0.539. The second-order valence-corrected chi connectivity index (χ2v) is 9.10. The minimum atomic E-state index is -0.266. The van der Waals surface area contributed by atoms with Gasteiger partial charge in [-0.15, -0.1) is 11.3 Å². The van der Waals surface area contributed by atoms with Crippen LogP contribution in [0.5, 0.6) is 5.75 Å². The summed E-state index contributed by atoms with van der Waals surface area (Å²) in [7, 11) is 0. The van der Waals surface area contributed by atoms with Crippen molar-refractivity contribution in [1.82, 2.24) is 10.4 Å². The summed E-state index contributed by atoms with van der Waals surface area (Å²) in [5, 5.41) is 5.13. The van der Waals surface area contributed by atoms with Gasteiger partial charge in [0.05, 0.1) is 33.5 Å². The average molecular weight is 444 g/mol. The number of nitrogens with zero attached hydrogens (tertiary/aromatic N) is 2. The molecule has 2 aromatic carbocycles. The lowest BCUT2D eigenvalue weighted by molar-refractivity contribution is 0.0956. The van der Waals surface area contributed by atoms with Crippen molar-refractivity contribution in [3.8, 4) is 16.3 Å². The van der Waals surface area contributed by atoms with Crippen LogP contribution in [0.4, 0.5) is 0 Å². The van der Waals surface area contributed by atoms with E-state index in [0.717, 1.165) is 32.8 Å². The predicted molar refractivity (Wildman–Crippen MR) is 132 cm³/mol. The highest BCUT2D eigenvalue weighted by Crippen LogP contribution is 2.29. The Morgan fingerprint density at radius 2 is 1.81 bits per heavy atom. The SMILES string of the molecule is C/C(=N\NC(=O)c1cc(-c2ccc(C)s2)nc2ccccc12)c1ccc(OC(C)C)cc1. The number of rotatable bonds is 6. The number of nitrogens with one attached hydrogen (secondary N) is 1. The smallest absolute Gasteiger partial charge is 0.272 e. The number of aromatic nitrogens is 1. The van der Waals surface area contributed by atoms with E-state index >= 15 is 0 Å². The zero-order valence-corrected chi connectivity index (χ0v) is 19.4. The second-order valence-electron chi connectivity index (χ2n) is 7.81. The van der Waals surface area contributed by atoms with Crippen molar-refractivity contribution in [2.75, 3.05) is 0 Å². The molecule has 0 spiro atoms. The third kappa shape index (κ3) is 4.86. The average Bonchev–Trinajstić information content (AvgIpc) is 3.23. The Kier molecular flexibility index (Phi) is 6.32. The van der Waals surface area contributed by atoms with E-state index < -0.39 is 0 Å². The standard InChI is InChI=1S/C26H25N3O2S/c1-16(2)31-20-12-10-19(11-13-20)18(4)28-29-26(30)22-15-24(25-14-9-17(3)32-25)27-23-8-6-5-7-21(22)23/h5-16H,1-4H3,(H,29,30)/b28-18+. The first-order chi connectivity index (χ1) is 15.4. The number of hydrazone groups is 1. The lowest BCUT2D eigenvalue weighted by Crippen LogP contribution is -2.20. The zero-order chi connectivity index (χ0) is 22.7. The quantitative estimate of drug-likeness (QED) is 0.284. The van der Waals surface area contributed by atoms with Crippen LogP contribution in [0, 0.1) is 6.92 Å². The number of pyridine rings is 1. The van der Waals surface area contributed by atoms with Gasteiger partial charge in [0.15, 0.2) is 0 Å². The molecule has 2 aromatic heterocycles. The molecule has 0 bridgehead atoms. The number of ether oxygens (including phenoxy) is 1. The molecule has 32 heavy (non-hydrogen) atoms. The number of para-hydroxylation sites is 1. The van der Waals surface area contributed by atoms with Gasteiger partial charge in [-0.25, -0.2) is 10.4 Å². The van der Waals surface area contributed by atoms with Crippen LogP contribution in [0.25, 0.3) is 21.5 Å². The number of thiophene rings is 1. The van der Waals surface area contributed by atoms with Crippen LogP contribution < -0.4 is 10.2 Å². The highest BCUT2D eigenvalue weighted by atomic mass is 32.1. The van der Waals surface area contributed by atoms with Gasteiger partial charge >= 0.3 is 0 Å². The summed E-state index contributed by atoms with van der Waals surface area (Å²) in [4.78, 5) is 20.1. The molecule has 5 nitrogen and oxygen atoms in total. The predicted octanol–water partition coefficient (Wildman–Crippen LogP) is 6.21. The Labute approximate surface area is 191 Å². The van der Waals surface area contributed by atoms with Gasteiger partial charge in [0.2, 0.25) is 0 Å². The summed E-state index contributed by atoms with van der Waals surface area (Å²) in [5.41, 5.74) is 6.45. The fraction of sp³-hybridized carbons (Fsp3) is 0.192. The van der Waals surface area contributed by atoms with Gasteiger partial charge < -0.3 is 4.74 Å². The minimum Gasteiger partial charge on any atom is -0.491 e. The molecule has 4 rings (SSSR count). The van der Waals surface area contributed by atoms with Crippen LogP contribution >= 0.6 is 11.3 Å². The van der Waals surface area contributed by atoms with Crippen LogP contribution in [-0.4, -0.2) is 22.7 Å². The number of fused-ring (bicyclic) bond motifs is 1. The number of carbonyl (C=O) groups excluding carboxylic acids is 1. The van der Waals surface area contributed by atoms with E-state index in [4.69, 9.17) is 9.72 Å². The summed E-state index contributed by atoms with van der Waals surface area (Å²) >= 11 is 1.66. The third-order valence-corrected chi connectivity index (χ3v) is 5.95. The number of aryl methyl sites for hydroxylation is 1. The zero-order valence-electron chi connectivity index (χ0n) is 18.5. The van der Waals surface area contributed by atoms with Crippen LogP contribution in [0.3, 0.4) is 0 Å². The maximum absolute atomic E-state index is 13.1. The monoisotopic (exact) mass is 443 g/mol. The Balaban J connectivity index is 1.60. The van der Waals surface area contributed by atoms with Gasteiger partial charge in [-0.3, -0.25) is 4.79 Å². The van der Waals surface area contributed by atoms with Crippen molar-refractivity contribution < 1.29 is 9.53 Å². The van der Waals surface area contributed by atoms with E-state index in [1.165, 1.54) is 4.88 Å². The molecule has 0 aliphatic carbocycles. The molecule has 1 N–H and O–H groups in total. The summed E-state index contributed by atoms with van der Waals surface area (Å²) in [6.45, 7) is 7.90. The van der Waals surface area contributed by atoms with Crippen molar-refractivity contribution in [3.05, 3.63) is 82.7 Å². The number of benzene rings is 2. The van der Waals surface area contributed by atoms with E-state index in [9.17, 15) is 4.79 Å². The summed E-state index contributed by atoms with van der Waals surface area (Å²) < 4.78 is 5.68. The van der Waals surface area contributed by atoms with Crippen LogP contribution in [-0.2, 0) is 0 Å². The second kappa shape index (κ2) is 9.32. The highest BCUT2D eigenvalue weighted by Gasteiger charge is 2.14. The molecule has 0 radical (unpaired) electrons. The molecule has 0 saturated carbocycles. The summed E-state index contributed by atoms with van der Waals surface area (Å²) in [6.07, 6.45) is 0.119. The topological polar surface area (TPSA) is 63.6 Å². The molecule has 0 fully saturated rings. The minimum absolute atomic E-state index is 0.119. The van der Waals surface area contributed by atoms with Gasteiger partial charge in [-0.05, 0) is 81.8 Å². The number of hydrogen-bond acceptors (Lipinski definition) is 5. The number of carbonyl (C=O) groups is 1. The molecule has 4 aromatic rings. The molecule has 6 heteroatoms. The Morgan fingerprint density at radius 1 is 1.06 bits per heavy atom. The van der Waals surface area contributed by atoms with Crippen molar-refractivity contribution in [2.45, 2.75) is 33.8 Å². The first-order valence-electron chi connectivity index (χ1n) is 10.5. The first-order valence-corrected chi connectivity index (χ1v) is 11.3. The normalized spacial score (nSPS) is 11.7. The lowest BCUT2D eigenvalue weighted by atomic mass is 10.1. The highest BCUT2D eigenvalue weighted by molar-refractivity contribution is 7.15. The van der Waals surface area contributed by atoms with Gasteiger partial charge in [0.25, 0.3) is 5.91 Å². The van der Waals surface area contributed by atoms with E-state index in [2.05, 4.69) is 23.5 Å². The van der Waals surface area contributed by atoms with Crippen molar-refractivity contribution in [3.63, 3.8) is 0 Å². The van der Waals surface area contributed by atoms with Gasteiger partial charge in [-0.1, -0.05) is 18.2 Å². The molecule has 1 amide bonds. The molecule has 0 atom stereocenters. The van der Waals surface area contributed by atoms with Crippen LogP contribution in [0.2, 0.25) is 0 Å². The third-order valence-electron chi connectivity index (χ3n) is 4.92. The molecule has 162 valence electrons. The molecular weight excluding hydrogens is 418 g/mol. The fourth-order valence-electron chi connectivity index (χ4n) is 3.37. The maximum Gasteiger partial charge on any atom is 0.272 e. The molecule has 0 saturated heterocycles. The van der Waals surface area contributed by atoms with Crippen LogP contribution in [0.1, 0.15) is 41.6 Å². The van der Waals surface area contributed by atoms with Crippen molar-refractivity contribution in [1.29, 1.82) is 0 Å². The van der Waals surface area contributed by atoms with Gasteiger partial charge in [0, 0.05) is 10.3 Å². The molecule has 0 aliphatic heterocycles. The van der Waals surface area contributed by atoms with E-state index in [-0.39, 0.29) is 12.0 Å². The molecule has 0 unspecified atom stereocenters. The number of amides is 1. The Morgan fingerprint density at radius 3 is 2.50 bits per heavy atom. The molecule has 2 heterocycles. The Hall–Kier alpha value is -3.51. The molecular formula is C26H25N3O2S. The van der Waals surface area contributed by atoms with E-state index in [0.29, 0.717) is 11.3 Å². The largest absolute Gasteiger partial charge is 0.491 e. The van der Waals surface area contributed by atoms with Crippen molar-refractivity contribution >= 4 is 33.9 Å². The van der Waals surface area contributed by atoms with E-state index in [1.54, 1.807) is 11.3 Å².